The lowest BCUT2D eigenvalue weighted by molar-refractivity contribution is -0.137. The second-order valence-electron chi connectivity index (χ2n) is 7.37. The van der Waals surface area contributed by atoms with Gasteiger partial charge in [-0.3, -0.25) is 9.59 Å². The van der Waals surface area contributed by atoms with Crippen molar-refractivity contribution in [3.05, 3.63) is 35.4 Å². The highest BCUT2D eigenvalue weighted by Crippen LogP contribution is 2.30. The molecule has 1 aromatic rings. The van der Waals surface area contributed by atoms with Crippen LogP contribution in [-0.4, -0.2) is 54.8 Å². The summed E-state index contributed by atoms with van der Waals surface area (Å²) in [6, 6.07) is 4.98. The first-order valence-corrected chi connectivity index (χ1v) is 9.15. The molecular weight excluding hydrogens is 359 g/mol. The fourth-order valence-corrected chi connectivity index (χ4v) is 3.90. The number of amides is 2. The van der Waals surface area contributed by atoms with Crippen LogP contribution in [0.4, 0.5) is 13.2 Å². The highest BCUT2D eigenvalue weighted by molar-refractivity contribution is 5.89. The molecule has 0 bridgehead atoms. The van der Waals surface area contributed by atoms with E-state index in [1.54, 1.807) is 6.07 Å². The summed E-state index contributed by atoms with van der Waals surface area (Å²) in [5, 5.41) is 3.11. The van der Waals surface area contributed by atoms with Gasteiger partial charge in [-0.15, -0.1) is 0 Å². The van der Waals surface area contributed by atoms with Gasteiger partial charge >= 0.3 is 6.18 Å². The van der Waals surface area contributed by atoms with Crippen LogP contribution < -0.4 is 5.32 Å². The maximum absolute atomic E-state index is 12.9. The van der Waals surface area contributed by atoms with Gasteiger partial charge < -0.3 is 15.1 Å². The van der Waals surface area contributed by atoms with E-state index in [4.69, 9.17) is 0 Å². The minimum atomic E-state index is -4.41. The predicted octanol–water partition coefficient (Wildman–Crippen LogP) is 2.12. The third-order valence-electron chi connectivity index (χ3n) is 5.28. The molecule has 0 saturated carbocycles. The first kappa shape index (κ1) is 19.7. The van der Waals surface area contributed by atoms with Gasteiger partial charge in [0, 0.05) is 32.6 Å². The second kappa shape index (κ2) is 7.88. The maximum Gasteiger partial charge on any atom is 0.416 e. The number of carbonyl (C=O) groups excluding carboxylic acids is 2. The molecule has 2 unspecified atom stereocenters. The molecule has 2 aliphatic rings. The van der Waals surface area contributed by atoms with Crippen molar-refractivity contribution >= 4 is 11.8 Å². The average molecular weight is 383 g/mol. The Morgan fingerprint density at radius 3 is 2.78 bits per heavy atom. The first-order valence-electron chi connectivity index (χ1n) is 9.15. The Morgan fingerprint density at radius 2 is 2.07 bits per heavy atom. The first-order chi connectivity index (χ1) is 12.8. The number of halogens is 3. The van der Waals surface area contributed by atoms with E-state index in [2.05, 4.69) is 5.32 Å². The van der Waals surface area contributed by atoms with Gasteiger partial charge in [-0.2, -0.15) is 13.2 Å². The minimum absolute atomic E-state index is 0.0199. The summed E-state index contributed by atoms with van der Waals surface area (Å²) in [6.07, 6.45) is -3.34. The lowest BCUT2D eigenvalue weighted by Crippen LogP contribution is -2.36. The number of likely N-dealkylation sites (tertiary alicyclic amines) is 2. The molecule has 148 valence electrons. The van der Waals surface area contributed by atoms with E-state index >= 15 is 0 Å². The van der Waals surface area contributed by atoms with E-state index in [1.807, 2.05) is 11.9 Å². The summed E-state index contributed by atoms with van der Waals surface area (Å²) in [6.45, 7) is 2.60. The quantitative estimate of drug-likeness (QED) is 0.848. The van der Waals surface area contributed by atoms with Crippen molar-refractivity contribution in [2.24, 2.45) is 11.8 Å². The second-order valence-corrected chi connectivity index (χ2v) is 7.37. The molecule has 2 atom stereocenters. The number of carbonyl (C=O) groups is 2. The number of nitrogens with zero attached hydrogens (tertiary/aromatic N) is 2. The van der Waals surface area contributed by atoms with Gasteiger partial charge in [0.05, 0.1) is 11.5 Å². The summed E-state index contributed by atoms with van der Waals surface area (Å²) in [5.41, 5.74) is -0.312. The lowest BCUT2D eigenvalue weighted by Gasteiger charge is -2.21. The van der Waals surface area contributed by atoms with Gasteiger partial charge in [-0.05, 0) is 43.6 Å². The van der Waals surface area contributed by atoms with Crippen molar-refractivity contribution in [1.29, 1.82) is 0 Å². The molecule has 2 aliphatic heterocycles. The van der Waals surface area contributed by atoms with Crippen molar-refractivity contribution < 1.29 is 22.8 Å². The van der Waals surface area contributed by atoms with E-state index < -0.39 is 17.7 Å². The molecule has 1 N–H and O–H groups in total. The minimum Gasteiger partial charge on any atom is -0.342 e. The normalized spacial score (nSPS) is 23.3. The molecule has 0 spiro atoms. The Hall–Kier alpha value is -2.09. The molecule has 3 rings (SSSR count). The summed E-state index contributed by atoms with van der Waals surface area (Å²) in [5.74, 6) is -0.181. The van der Waals surface area contributed by atoms with Crippen LogP contribution in [0.15, 0.2) is 24.3 Å². The maximum atomic E-state index is 12.9. The van der Waals surface area contributed by atoms with Gasteiger partial charge in [0.1, 0.15) is 0 Å². The summed E-state index contributed by atoms with van der Waals surface area (Å²) >= 11 is 0. The third-order valence-corrected chi connectivity index (χ3v) is 5.28. The molecular formula is C19H24F3N3O2. The van der Waals surface area contributed by atoms with E-state index in [0.29, 0.717) is 24.6 Å². The van der Waals surface area contributed by atoms with Crippen molar-refractivity contribution in [1.82, 2.24) is 15.1 Å². The molecule has 2 amide bonds. The van der Waals surface area contributed by atoms with E-state index in [0.717, 1.165) is 25.1 Å². The van der Waals surface area contributed by atoms with Gasteiger partial charge in [0.2, 0.25) is 11.8 Å². The van der Waals surface area contributed by atoms with Crippen LogP contribution in [0.1, 0.15) is 24.0 Å². The van der Waals surface area contributed by atoms with Crippen LogP contribution in [0.3, 0.4) is 0 Å². The average Bonchev–Trinajstić information content (AvgIpc) is 3.22. The third kappa shape index (κ3) is 4.61. The fourth-order valence-electron chi connectivity index (χ4n) is 3.90. The fraction of sp³-hybridized carbons (Fsp3) is 0.579. The van der Waals surface area contributed by atoms with Crippen molar-refractivity contribution in [2.45, 2.75) is 25.6 Å². The SMILES string of the molecule is CNCC1CCN(C(=O)C2CC(=O)N(Cc3cccc(C(F)(F)F)c3)C2)C1. The zero-order valence-electron chi connectivity index (χ0n) is 15.3. The van der Waals surface area contributed by atoms with Crippen LogP contribution in [-0.2, 0) is 22.3 Å². The van der Waals surface area contributed by atoms with Crippen LogP contribution in [0, 0.1) is 11.8 Å². The zero-order valence-corrected chi connectivity index (χ0v) is 15.3. The van der Waals surface area contributed by atoms with Gasteiger partial charge in [-0.1, -0.05) is 12.1 Å². The van der Waals surface area contributed by atoms with Crippen LogP contribution >= 0.6 is 0 Å². The Morgan fingerprint density at radius 1 is 1.30 bits per heavy atom. The summed E-state index contributed by atoms with van der Waals surface area (Å²) in [7, 11) is 1.88. The number of hydrogen-bond donors (Lipinski definition) is 1. The van der Waals surface area contributed by atoms with Crippen molar-refractivity contribution in [3.63, 3.8) is 0 Å². The Bertz CT molecular complexity index is 708. The number of nitrogens with one attached hydrogen (secondary N) is 1. The van der Waals surface area contributed by atoms with Crippen LogP contribution in [0.25, 0.3) is 0 Å². The summed E-state index contributed by atoms with van der Waals surface area (Å²) < 4.78 is 38.6. The number of benzene rings is 1. The molecule has 5 nitrogen and oxygen atoms in total. The Labute approximate surface area is 156 Å². The van der Waals surface area contributed by atoms with E-state index in [1.165, 1.54) is 11.0 Å². The molecule has 2 fully saturated rings. The molecule has 0 radical (unpaired) electrons. The van der Waals surface area contributed by atoms with Gasteiger partial charge in [0.15, 0.2) is 0 Å². The summed E-state index contributed by atoms with van der Waals surface area (Å²) in [4.78, 5) is 28.3. The Balaban J connectivity index is 1.60. The highest BCUT2D eigenvalue weighted by atomic mass is 19.4. The lowest BCUT2D eigenvalue weighted by atomic mass is 10.1. The molecule has 27 heavy (non-hydrogen) atoms. The molecule has 8 heteroatoms. The number of hydrogen-bond acceptors (Lipinski definition) is 3. The van der Waals surface area contributed by atoms with Crippen LogP contribution in [0.2, 0.25) is 0 Å². The number of rotatable bonds is 5. The molecule has 2 heterocycles. The molecule has 2 saturated heterocycles. The van der Waals surface area contributed by atoms with Gasteiger partial charge in [0.25, 0.3) is 0 Å². The topological polar surface area (TPSA) is 52.7 Å². The van der Waals surface area contributed by atoms with E-state index in [-0.39, 0.29) is 31.3 Å². The Kier molecular flexibility index (Phi) is 5.74. The zero-order chi connectivity index (χ0) is 19.6. The number of alkyl halides is 3. The van der Waals surface area contributed by atoms with Crippen LogP contribution in [0.5, 0.6) is 0 Å². The van der Waals surface area contributed by atoms with E-state index in [9.17, 15) is 22.8 Å². The molecule has 1 aromatic carbocycles. The smallest absolute Gasteiger partial charge is 0.342 e. The monoisotopic (exact) mass is 383 g/mol. The van der Waals surface area contributed by atoms with Crippen molar-refractivity contribution in [2.75, 3.05) is 33.2 Å². The largest absolute Gasteiger partial charge is 0.416 e. The van der Waals surface area contributed by atoms with Gasteiger partial charge in [-0.25, -0.2) is 0 Å². The highest BCUT2D eigenvalue weighted by Gasteiger charge is 2.38. The molecule has 0 aromatic heterocycles. The van der Waals surface area contributed by atoms with Crippen molar-refractivity contribution in [3.8, 4) is 0 Å². The predicted molar refractivity (Wildman–Crippen MR) is 93.6 cm³/mol. The standard InChI is InChI=1S/C19H24F3N3O2/c1-23-9-14-5-6-24(11-14)18(27)15-8-17(26)25(12-15)10-13-3-2-4-16(7-13)19(20,21)22/h2-4,7,14-15,23H,5-6,8-12H2,1H3. The molecule has 0 aliphatic carbocycles.